The molecule has 126 valence electrons. The lowest BCUT2D eigenvalue weighted by Gasteiger charge is -2.34. The van der Waals surface area contributed by atoms with Crippen molar-refractivity contribution < 1.29 is 9.59 Å². The van der Waals surface area contributed by atoms with Crippen LogP contribution in [0, 0.1) is 0 Å². The summed E-state index contributed by atoms with van der Waals surface area (Å²) in [5, 5.41) is 0. The molecule has 0 saturated carbocycles. The van der Waals surface area contributed by atoms with E-state index in [2.05, 4.69) is 15.0 Å². The van der Waals surface area contributed by atoms with Gasteiger partial charge in [-0.2, -0.15) is 0 Å². The molecule has 3 aromatic rings. The molecule has 0 spiro atoms. The number of hydrogen-bond donors (Lipinski definition) is 2. The monoisotopic (exact) mass is 335 g/mol. The Hall–Kier alpha value is -3.22. The molecule has 0 bridgehead atoms. The van der Waals surface area contributed by atoms with Crippen molar-refractivity contribution in [1.82, 2.24) is 19.9 Å². The Kier molecular flexibility index (Phi) is 3.49. The summed E-state index contributed by atoms with van der Waals surface area (Å²) in [7, 11) is 0. The normalized spacial score (nSPS) is 16.7. The maximum atomic E-state index is 13.0. The van der Waals surface area contributed by atoms with E-state index < -0.39 is 5.91 Å². The number of para-hydroxylation sites is 1. The van der Waals surface area contributed by atoms with Crippen molar-refractivity contribution in [3.63, 3.8) is 0 Å². The Morgan fingerprint density at radius 3 is 2.92 bits per heavy atom. The van der Waals surface area contributed by atoms with Crippen molar-refractivity contribution in [1.29, 1.82) is 0 Å². The number of carbonyl (C=O) groups is 2. The largest absolute Gasteiger partial charge is 0.366 e. The number of primary amides is 1. The lowest BCUT2D eigenvalue weighted by Crippen LogP contribution is -2.39. The Morgan fingerprint density at radius 1 is 1.28 bits per heavy atom. The zero-order valence-corrected chi connectivity index (χ0v) is 13.7. The molecular weight excluding hydrogens is 318 g/mol. The summed E-state index contributed by atoms with van der Waals surface area (Å²) in [5.41, 5.74) is 8.84. The van der Waals surface area contributed by atoms with E-state index in [1.165, 1.54) is 0 Å². The number of carbonyl (C=O) groups excluding carboxylic acids is 2. The summed E-state index contributed by atoms with van der Waals surface area (Å²) in [6.45, 7) is 2.55. The van der Waals surface area contributed by atoms with Crippen molar-refractivity contribution in [3.8, 4) is 0 Å². The van der Waals surface area contributed by atoms with Crippen LogP contribution in [0.1, 0.15) is 45.2 Å². The van der Waals surface area contributed by atoms with Gasteiger partial charge in [-0.15, -0.1) is 0 Å². The second kappa shape index (κ2) is 5.70. The maximum Gasteiger partial charge on any atom is 0.290 e. The molecule has 4 rings (SSSR count). The number of amides is 2. The summed E-state index contributed by atoms with van der Waals surface area (Å²) in [5.74, 6) is -0.545. The molecule has 3 heterocycles. The Morgan fingerprint density at radius 2 is 2.12 bits per heavy atom. The van der Waals surface area contributed by atoms with Crippen LogP contribution in [0.3, 0.4) is 0 Å². The number of nitrogens with one attached hydrogen (secondary N) is 1. The number of imidazole rings is 1. The maximum absolute atomic E-state index is 13.0. The molecule has 1 aromatic carbocycles. The van der Waals surface area contributed by atoms with Gasteiger partial charge in [0.15, 0.2) is 5.82 Å². The SMILES string of the molecule is C[C@@H]1c2cccnc2CCN1C(=O)c1nc2cccc(C(N)=O)c2[nH]1. The number of nitrogens with zero attached hydrogens (tertiary/aromatic N) is 3. The van der Waals surface area contributed by atoms with E-state index in [9.17, 15) is 9.59 Å². The predicted octanol–water partition coefficient (Wildman–Crippen LogP) is 1.82. The van der Waals surface area contributed by atoms with E-state index in [1.54, 1.807) is 29.3 Å². The fourth-order valence-electron chi connectivity index (χ4n) is 3.38. The molecular formula is C18H17N5O2. The van der Waals surface area contributed by atoms with Crippen LogP contribution in [0.2, 0.25) is 0 Å². The number of hydrogen-bond acceptors (Lipinski definition) is 4. The smallest absolute Gasteiger partial charge is 0.290 e. The van der Waals surface area contributed by atoms with Gasteiger partial charge in [-0.3, -0.25) is 14.6 Å². The highest BCUT2D eigenvalue weighted by Gasteiger charge is 2.30. The summed E-state index contributed by atoms with van der Waals surface area (Å²) in [6.07, 6.45) is 2.48. The molecule has 25 heavy (non-hydrogen) atoms. The van der Waals surface area contributed by atoms with Gasteiger partial charge < -0.3 is 15.6 Å². The molecule has 1 atom stereocenters. The van der Waals surface area contributed by atoms with E-state index in [4.69, 9.17) is 5.73 Å². The second-order valence-corrected chi connectivity index (χ2v) is 6.11. The summed E-state index contributed by atoms with van der Waals surface area (Å²) >= 11 is 0. The third-order valence-corrected chi connectivity index (χ3v) is 4.68. The minimum absolute atomic E-state index is 0.0891. The molecule has 2 aromatic heterocycles. The first-order valence-electron chi connectivity index (χ1n) is 8.09. The summed E-state index contributed by atoms with van der Waals surface area (Å²) < 4.78 is 0. The Balaban J connectivity index is 1.71. The topological polar surface area (TPSA) is 105 Å². The molecule has 0 aliphatic carbocycles. The van der Waals surface area contributed by atoms with Gasteiger partial charge in [0.25, 0.3) is 11.8 Å². The lowest BCUT2D eigenvalue weighted by atomic mass is 9.98. The fourth-order valence-corrected chi connectivity index (χ4v) is 3.38. The van der Waals surface area contributed by atoms with Gasteiger partial charge in [0.2, 0.25) is 0 Å². The van der Waals surface area contributed by atoms with Crippen LogP contribution >= 0.6 is 0 Å². The number of nitrogens with two attached hydrogens (primary N) is 1. The van der Waals surface area contributed by atoms with E-state index in [-0.39, 0.29) is 17.8 Å². The van der Waals surface area contributed by atoms with E-state index >= 15 is 0 Å². The first-order valence-corrected chi connectivity index (χ1v) is 8.09. The van der Waals surface area contributed by atoms with Crippen LogP contribution in [0.5, 0.6) is 0 Å². The number of H-pyrrole nitrogens is 1. The molecule has 1 aliphatic rings. The van der Waals surface area contributed by atoms with Crippen molar-refractivity contribution in [2.75, 3.05) is 6.54 Å². The van der Waals surface area contributed by atoms with E-state index in [1.807, 2.05) is 19.1 Å². The number of benzene rings is 1. The Bertz CT molecular complexity index is 994. The third kappa shape index (κ3) is 2.44. The number of aromatic amines is 1. The molecule has 1 aliphatic heterocycles. The zero-order valence-electron chi connectivity index (χ0n) is 13.7. The molecule has 0 unspecified atom stereocenters. The number of fused-ring (bicyclic) bond motifs is 2. The fraction of sp³-hybridized carbons (Fsp3) is 0.222. The van der Waals surface area contributed by atoms with Crippen LogP contribution < -0.4 is 5.73 Å². The average molecular weight is 335 g/mol. The third-order valence-electron chi connectivity index (χ3n) is 4.68. The van der Waals surface area contributed by atoms with Gasteiger partial charge in [-0.05, 0) is 30.7 Å². The lowest BCUT2D eigenvalue weighted by molar-refractivity contribution is 0.0664. The standard InChI is InChI=1S/C18H17N5O2/c1-10-11-5-3-8-20-13(11)7-9-23(10)18(25)17-21-14-6-2-4-12(16(19)24)15(14)22-17/h2-6,8,10H,7,9H2,1H3,(H2,19,24)(H,21,22)/t10-/m1/s1. The van der Waals surface area contributed by atoms with E-state index in [0.29, 0.717) is 29.6 Å². The quantitative estimate of drug-likeness (QED) is 0.745. The van der Waals surface area contributed by atoms with Crippen molar-refractivity contribution in [3.05, 3.63) is 59.2 Å². The molecule has 2 amide bonds. The molecule has 7 nitrogen and oxygen atoms in total. The summed E-state index contributed by atoms with van der Waals surface area (Å²) in [4.78, 5) is 38.0. The van der Waals surface area contributed by atoms with Gasteiger partial charge in [-0.25, -0.2) is 4.98 Å². The highest BCUT2D eigenvalue weighted by Crippen LogP contribution is 2.29. The molecule has 0 fully saturated rings. The predicted molar refractivity (Wildman–Crippen MR) is 92.0 cm³/mol. The number of pyridine rings is 1. The van der Waals surface area contributed by atoms with Gasteiger partial charge in [0, 0.05) is 24.9 Å². The van der Waals surface area contributed by atoms with Gasteiger partial charge in [0.05, 0.1) is 22.6 Å². The highest BCUT2D eigenvalue weighted by atomic mass is 16.2. The van der Waals surface area contributed by atoms with Crippen molar-refractivity contribution >= 4 is 22.8 Å². The minimum atomic E-state index is -0.556. The first-order chi connectivity index (χ1) is 12.1. The number of rotatable bonds is 2. The van der Waals surface area contributed by atoms with Crippen molar-refractivity contribution in [2.24, 2.45) is 5.73 Å². The Labute approximate surface area is 143 Å². The molecule has 0 radical (unpaired) electrons. The molecule has 7 heteroatoms. The van der Waals surface area contributed by atoms with Crippen molar-refractivity contribution in [2.45, 2.75) is 19.4 Å². The van der Waals surface area contributed by atoms with Crippen LogP contribution in [0.25, 0.3) is 11.0 Å². The number of aromatic nitrogens is 3. The second-order valence-electron chi connectivity index (χ2n) is 6.11. The van der Waals surface area contributed by atoms with E-state index in [0.717, 1.165) is 11.3 Å². The van der Waals surface area contributed by atoms with Crippen LogP contribution in [0.15, 0.2) is 36.5 Å². The van der Waals surface area contributed by atoms with Crippen LogP contribution in [-0.2, 0) is 6.42 Å². The summed E-state index contributed by atoms with van der Waals surface area (Å²) in [6, 6.07) is 8.84. The van der Waals surface area contributed by atoms with Gasteiger partial charge in [-0.1, -0.05) is 12.1 Å². The van der Waals surface area contributed by atoms with Gasteiger partial charge in [0.1, 0.15) is 0 Å². The molecule has 3 N–H and O–H groups in total. The average Bonchev–Trinajstić information content (AvgIpc) is 3.05. The van der Waals surface area contributed by atoms with Gasteiger partial charge >= 0.3 is 0 Å². The van der Waals surface area contributed by atoms with Crippen LogP contribution in [0.4, 0.5) is 0 Å². The van der Waals surface area contributed by atoms with Crippen LogP contribution in [-0.4, -0.2) is 38.2 Å². The molecule has 0 saturated heterocycles. The zero-order chi connectivity index (χ0) is 17.6. The highest BCUT2D eigenvalue weighted by molar-refractivity contribution is 6.05. The minimum Gasteiger partial charge on any atom is -0.366 e. The first kappa shape index (κ1) is 15.3.